The Balaban J connectivity index is 1.52. The third-order valence-corrected chi connectivity index (χ3v) is 7.97. The van der Waals surface area contributed by atoms with Crippen LogP contribution in [0.3, 0.4) is 0 Å². The Labute approximate surface area is 193 Å². The maximum absolute atomic E-state index is 13.7. The van der Waals surface area contributed by atoms with Crippen molar-refractivity contribution in [1.82, 2.24) is 4.90 Å². The average molecular weight is 494 g/mol. The van der Waals surface area contributed by atoms with E-state index in [1.165, 1.54) is 4.90 Å². The average Bonchev–Trinajstić information content (AvgIpc) is 3.54. The summed E-state index contributed by atoms with van der Waals surface area (Å²) in [6.45, 7) is 0. The van der Waals surface area contributed by atoms with Crippen molar-refractivity contribution in [3.8, 4) is 0 Å². The minimum atomic E-state index is -1.98. The molecule has 4 aliphatic rings. The normalized spacial score (nSPS) is 28.8. The van der Waals surface area contributed by atoms with Gasteiger partial charge < -0.3 is 4.74 Å². The Morgan fingerprint density at radius 1 is 0.844 bits per heavy atom. The van der Waals surface area contributed by atoms with Gasteiger partial charge in [-0.15, -0.1) is 0 Å². The molecule has 2 amide bonds. The Bertz CT molecular complexity index is 1150. The Kier molecular flexibility index (Phi) is 4.33. The smallest absolute Gasteiger partial charge is 0.237 e. The van der Waals surface area contributed by atoms with E-state index >= 15 is 0 Å². The van der Waals surface area contributed by atoms with Crippen molar-refractivity contribution < 1.29 is 23.9 Å². The van der Waals surface area contributed by atoms with Gasteiger partial charge in [-0.2, -0.15) is 0 Å². The van der Waals surface area contributed by atoms with Crippen molar-refractivity contribution in [3.05, 3.63) is 69.7 Å². The molecule has 3 atom stereocenters. The fraction of sp³-hybridized carbons (Fsp3) is 0.360. The molecule has 2 saturated heterocycles. The van der Waals surface area contributed by atoms with Crippen molar-refractivity contribution >= 4 is 39.3 Å². The van der Waals surface area contributed by atoms with Crippen LogP contribution in [-0.2, 0) is 14.3 Å². The number of nitrogens with zero attached hydrogens (tertiary/aromatic N) is 1. The molecule has 7 heteroatoms. The zero-order valence-corrected chi connectivity index (χ0v) is 18.7. The van der Waals surface area contributed by atoms with Crippen LogP contribution in [0.5, 0.6) is 0 Å². The van der Waals surface area contributed by atoms with Crippen molar-refractivity contribution in [2.75, 3.05) is 0 Å². The Hall–Kier alpha value is -2.64. The zero-order valence-electron chi connectivity index (χ0n) is 17.1. The SMILES string of the molecule is O=C1[C@@H]2[C@@H](c3ccc(Br)cc3)OC3(C(=O)c4ccccc4C3=O)[C@H]2C(=O)N1C1CCCC1. The predicted octanol–water partition coefficient (Wildman–Crippen LogP) is 3.88. The minimum Gasteiger partial charge on any atom is -0.349 e. The molecule has 0 N–H and O–H groups in total. The summed E-state index contributed by atoms with van der Waals surface area (Å²) < 4.78 is 7.13. The van der Waals surface area contributed by atoms with Gasteiger partial charge in [-0.3, -0.25) is 24.1 Å². The molecule has 2 aromatic rings. The highest BCUT2D eigenvalue weighted by molar-refractivity contribution is 9.10. The Morgan fingerprint density at radius 3 is 2.03 bits per heavy atom. The molecule has 2 aliphatic carbocycles. The molecular weight excluding hydrogens is 474 g/mol. The van der Waals surface area contributed by atoms with Gasteiger partial charge >= 0.3 is 0 Å². The van der Waals surface area contributed by atoms with Crippen LogP contribution in [0.4, 0.5) is 0 Å². The summed E-state index contributed by atoms with van der Waals surface area (Å²) in [7, 11) is 0. The van der Waals surface area contributed by atoms with Crippen LogP contribution in [0.2, 0.25) is 0 Å². The van der Waals surface area contributed by atoms with E-state index in [0.29, 0.717) is 5.56 Å². The zero-order chi connectivity index (χ0) is 22.2. The number of ketones is 2. The fourth-order valence-electron chi connectivity index (χ4n) is 6.02. The summed E-state index contributed by atoms with van der Waals surface area (Å²) in [5.74, 6) is -3.83. The summed E-state index contributed by atoms with van der Waals surface area (Å²) >= 11 is 3.41. The number of hydrogen-bond acceptors (Lipinski definition) is 5. The highest BCUT2D eigenvalue weighted by Crippen LogP contribution is 2.58. The van der Waals surface area contributed by atoms with Crippen LogP contribution in [0, 0.1) is 11.8 Å². The molecule has 32 heavy (non-hydrogen) atoms. The number of rotatable bonds is 2. The highest BCUT2D eigenvalue weighted by Gasteiger charge is 2.75. The molecule has 6 rings (SSSR count). The minimum absolute atomic E-state index is 0.169. The van der Waals surface area contributed by atoms with E-state index in [2.05, 4.69) is 15.9 Å². The number of carbonyl (C=O) groups excluding carboxylic acids is 4. The van der Waals surface area contributed by atoms with Crippen LogP contribution < -0.4 is 0 Å². The molecule has 162 valence electrons. The second-order valence-electron chi connectivity index (χ2n) is 9.02. The predicted molar refractivity (Wildman–Crippen MR) is 117 cm³/mol. The maximum atomic E-state index is 13.7. The van der Waals surface area contributed by atoms with E-state index in [1.54, 1.807) is 36.4 Å². The van der Waals surface area contributed by atoms with Gasteiger partial charge in [-0.05, 0) is 30.5 Å². The summed E-state index contributed by atoms with van der Waals surface area (Å²) in [6.07, 6.45) is 2.58. The number of ether oxygens (including phenoxy) is 1. The number of amides is 2. The number of benzene rings is 2. The molecule has 3 fully saturated rings. The van der Waals surface area contributed by atoms with Gasteiger partial charge in [0.25, 0.3) is 0 Å². The first-order valence-electron chi connectivity index (χ1n) is 10.9. The molecule has 0 bridgehead atoms. The van der Waals surface area contributed by atoms with Crippen molar-refractivity contribution in [2.24, 2.45) is 11.8 Å². The van der Waals surface area contributed by atoms with Gasteiger partial charge in [-0.25, -0.2) is 0 Å². The van der Waals surface area contributed by atoms with Gasteiger partial charge in [0.1, 0.15) is 0 Å². The first-order valence-corrected chi connectivity index (χ1v) is 11.7. The molecule has 2 aromatic carbocycles. The lowest BCUT2D eigenvalue weighted by Gasteiger charge is -2.29. The fourth-order valence-corrected chi connectivity index (χ4v) is 6.28. The molecular formula is C25H20BrNO5. The van der Waals surface area contributed by atoms with Crippen LogP contribution in [0.25, 0.3) is 0 Å². The van der Waals surface area contributed by atoms with Crippen molar-refractivity contribution in [2.45, 2.75) is 43.4 Å². The van der Waals surface area contributed by atoms with Crippen LogP contribution in [0.15, 0.2) is 53.0 Å². The lowest BCUT2D eigenvalue weighted by Crippen LogP contribution is -2.51. The lowest BCUT2D eigenvalue weighted by atomic mass is 9.77. The molecule has 0 unspecified atom stereocenters. The second kappa shape index (κ2) is 6.93. The summed E-state index contributed by atoms with van der Waals surface area (Å²) in [4.78, 5) is 56.0. The topological polar surface area (TPSA) is 80.8 Å². The van der Waals surface area contributed by atoms with E-state index in [4.69, 9.17) is 4.74 Å². The maximum Gasteiger partial charge on any atom is 0.237 e. The van der Waals surface area contributed by atoms with E-state index in [0.717, 1.165) is 30.2 Å². The van der Waals surface area contributed by atoms with Crippen LogP contribution >= 0.6 is 15.9 Å². The molecule has 2 heterocycles. The van der Waals surface area contributed by atoms with Crippen molar-refractivity contribution in [3.63, 3.8) is 0 Å². The summed E-state index contributed by atoms with van der Waals surface area (Å²) in [5, 5.41) is 0. The third kappa shape index (κ3) is 2.43. The first-order chi connectivity index (χ1) is 15.4. The van der Waals surface area contributed by atoms with E-state index in [9.17, 15) is 19.2 Å². The number of Topliss-reactive ketones (excluding diaryl/α,β-unsaturated/α-hetero) is 2. The number of likely N-dealkylation sites (tertiary alicyclic amines) is 1. The van der Waals surface area contributed by atoms with E-state index < -0.39 is 41.0 Å². The van der Waals surface area contributed by atoms with E-state index in [1.807, 2.05) is 12.1 Å². The van der Waals surface area contributed by atoms with Crippen molar-refractivity contribution in [1.29, 1.82) is 0 Å². The van der Waals surface area contributed by atoms with Gasteiger partial charge in [0.15, 0.2) is 0 Å². The molecule has 2 aliphatic heterocycles. The van der Waals surface area contributed by atoms with Gasteiger partial charge in [-0.1, -0.05) is 65.2 Å². The number of halogens is 1. The molecule has 6 nitrogen and oxygen atoms in total. The van der Waals surface area contributed by atoms with Gasteiger partial charge in [0, 0.05) is 21.6 Å². The lowest BCUT2D eigenvalue weighted by molar-refractivity contribution is -0.147. The summed E-state index contributed by atoms with van der Waals surface area (Å²) in [5.41, 5.74) is -0.794. The second-order valence-corrected chi connectivity index (χ2v) is 9.93. The largest absolute Gasteiger partial charge is 0.349 e. The number of carbonyl (C=O) groups is 4. The molecule has 1 saturated carbocycles. The molecule has 1 spiro atoms. The molecule has 0 radical (unpaired) electrons. The first kappa shape index (κ1) is 20.0. The van der Waals surface area contributed by atoms with Gasteiger partial charge in [0.2, 0.25) is 29.0 Å². The van der Waals surface area contributed by atoms with Crippen LogP contribution in [-0.4, -0.2) is 39.9 Å². The summed E-state index contributed by atoms with van der Waals surface area (Å²) in [6, 6.07) is 13.6. The monoisotopic (exact) mass is 493 g/mol. The number of imide groups is 1. The third-order valence-electron chi connectivity index (χ3n) is 7.44. The quantitative estimate of drug-likeness (QED) is 0.468. The van der Waals surface area contributed by atoms with E-state index in [-0.39, 0.29) is 23.1 Å². The number of hydrogen-bond donors (Lipinski definition) is 0. The number of fused-ring (bicyclic) bond motifs is 3. The molecule has 0 aromatic heterocycles. The highest BCUT2D eigenvalue weighted by atomic mass is 79.9. The van der Waals surface area contributed by atoms with Gasteiger partial charge in [0.05, 0.1) is 17.9 Å². The Morgan fingerprint density at radius 2 is 1.44 bits per heavy atom. The standard InChI is InChI=1S/C25H20BrNO5/c26-14-11-9-13(10-12-14)20-18-19(24(31)27(23(18)30)15-5-1-2-6-15)25(32-20)21(28)16-7-3-4-8-17(16)22(25)29/h3-4,7-12,15,18-20H,1-2,5-6H2/t18-,19+,20+/m0/s1. The van der Waals surface area contributed by atoms with Crippen LogP contribution in [0.1, 0.15) is 58.1 Å².